The summed E-state index contributed by atoms with van der Waals surface area (Å²) in [5, 5.41) is 8.93. The van der Waals surface area contributed by atoms with Crippen LogP contribution in [0, 0.1) is 25.5 Å². The predicted octanol–water partition coefficient (Wildman–Crippen LogP) is 3.94. The number of imidazole rings is 2. The molecule has 8 heteroatoms. The van der Waals surface area contributed by atoms with Gasteiger partial charge in [0.05, 0.1) is 12.3 Å². The number of aryl methyl sites for hydroxylation is 2. The fourth-order valence-electron chi connectivity index (χ4n) is 2.89. The smallest absolute Gasteiger partial charge is 0.170 e. The van der Waals surface area contributed by atoms with Crippen molar-refractivity contribution in [2.45, 2.75) is 20.5 Å². The Morgan fingerprint density at radius 2 is 1.30 bits per heavy atom. The zero-order valence-electron chi connectivity index (χ0n) is 16.5. The second-order valence-electron chi connectivity index (χ2n) is 6.46. The summed E-state index contributed by atoms with van der Waals surface area (Å²) in [4.78, 5) is 18.7. The number of carbonyl (C=O) groups is 1. The lowest BCUT2D eigenvalue weighted by Gasteiger charge is -2.03. The summed E-state index contributed by atoms with van der Waals surface area (Å²) in [6.45, 7) is 3.54. The van der Waals surface area contributed by atoms with E-state index < -0.39 is 0 Å². The number of aromatic nitrogens is 4. The van der Waals surface area contributed by atoms with Crippen LogP contribution in [-0.2, 0) is 6.61 Å². The number of rotatable bonds is 4. The minimum absolute atomic E-state index is 0.0883. The molecule has 0 fully saturated rings. The summed E-state index contributed by atoms with van der Waals surface area (Å²) < 4.78 is 29.0. The molecule has 0 bridgehead atoms. The van der Waals surface area contributed by atoms with E-state index in [2.05, 4.69) is 9.97 Å². The first-order valence-corrected chi connectivity index (χ1v) is 9.10. The van der Waals surface area contributed by atoms with Crippen LogP contribution in [0.15, 0.2) is 60.9 Å². The van der Waals surface area contributed by atoms with Crippen LogP contribution in [0.3, 0.4) is 0 Å². The third kappa shape index (κ3) is 4.84. The Morgan fingerprint density at radius 1 is 0.833 bits per heavy atom. The van der Waals surface area contributed by atoms with Gasteiger partial charge in [-0.15, -0.1) is 0 Å². The molecule has 4 rings (SSSR count). The Labute approximate surface area is 172 Å². The van der Waals surface area contributed by atoms with Gasteiger partial charge in [-0.25, -0.2) is 18.7 Å². The van der Waals surface area contributed by atoms with Crippen molar-refractivity contribution in [2.75, 3.05) is 0 Å². The quantitative estimate of drug-likeness (QED) is 0.517. The number of aliphatic hydroxyl groups is 1. The van der Waals surface area contributed by atoms with Crippen LogP contribution in [-0.4, -0.2) is 30.5 Å². The number of benzene rings is 2. The van der Waals surface area contributed by atoms with Gasteiger partial charge in [-0.2, -0.15) is 0 Å². The molecule has 0 amide bonds. The second-order valence-corrected chi connectivity index (χ2v) is 6.46. The highest BCUT2D eigenvalue weighted by Crippen LogP contribution is 2.13. The van der Waals surface area contributed by atoms with Crippen LogP contribution in [0.1, 0.15) is 27.8 Å². The Kier molecular flexibility index (Phi) is 6.48. The molecule has 4 aromatic rings. The zero-order valence-corrected chi connectivity index (χ0v) is 16.5. The molecule has 2 heterocycles. The Hall–Kier alpha value is -3.65. The summed E-state index contributed by atoms with van der Waals surface area (Å²) in [5.41, 5.74) is 2.60. The first kappa shape index (κ1) is 21.1. The first-order chi connectivity index (χ1) is 14.4. The van der Waals surface area contributed by atoms with Gasteiger partial charge in [-0.3, -0.25) is 4.79 Å². The normalized spacial score (nSPS) is 10.4. The van der Waals surface area contributed by atoms with Crippen LogP contribution in [0.25, 0.3) is 11.4 Å². The molecule has 0 saturated carbocycles. The van der Waals surface area contributed by atoms with Gasteiger partial charge in [0.2, 0.25) is 0 Å². The van der Waals surface area contributed by atoms with E-state index in [9.17, 15) is 13.6 Å². The number of carbonyl (C=O) groups excluding carboxylic acids is 1. The molecule has 30 heavy (non-hydrogen) atoms. The van der Waals surface area contributed by atoms with E-state index in [1.807, 2.05) is 11.5 Å². The van der Waals surface area contributed by atoms with E-state index in [4.69, 9.17) is 5.11 Å². The lowest BCUT2D eigenvalue weighted by atomic mass is 10.3. The average molecular weight is 410 g/mol. The fraction of sp³-hybridized carbons (Fsp3) is 0.136. The first-order valence-electron chi connectivity index (χ1n) is 9.10. The highest BCUT2D eigenvalue weighted by molar-refractivity contribution is 5.71. The monoisotopic (exact) mass is 410 g/mol. The van der Waals surface area contributed by atoms with Gasteiger partial charge in [-0.05, 0) is 62.4 Å². The summed E-state index contributed by atoms with van der Waals surface area (Å²) in [6, 6.07) is 12.2. The van der Waals surface area contributed by atoms with Crippen LogP contribution in [0.5, 0.6) is 0 Å². The number of hydrogen-bond donors (Lipinski definition) is 1. The summed E-state index contributed by atoms with van der Waals surface area (Å²) >= 11 is 0. The lowest BCUT2D eigenvalue weighted by Crippen LogP contribution is -1.94. The van der Waals surface area contributed by atoms with Crippen molar-refractivity contribution in [3.63, 3.8) is 0 Å². The molecule has 0 unspecified atom stereocenters. The van der Waals surface area contributed by atoms with E-state index in [1.54, 1.807) is 48.1 Å². The van der Waals surface area contributed by atoms with Crippen LogP contribution < -0.4 is 0 Å². The van der Waals surface area contributed by atoms with Gasteiger partial charge < -0.3 is 14.2 Å². The maximum atomic E-state index is 12.7. The lowest BCUT2D eigenvalue weighted by molar-refractivity contribution is 0.111. The Morgan fingerprint density at radius 3 is 1.70 bits per heavy atom. The Balaban J connectivity index is 0.000000171. The van der Waals surface area contributed by atoms with Gasteiger partial charge in [-0.1, -0.05) is 0 Å². The van der Waals surface area contributed by atoms with E-state index >= 15 is 0 Å². The summed E-state index contributed by atoms with van der Waals surface area (Å²) in [5.74, 6) is 0.917. The molecular formula is C22H20F2N4O2. The van der Waals surface area contributed by atoms with Gasteiger partial charge in [0, 0.05) is 23.8 Å². The van der Waals surface area contributed by atoms with E-state index in [0.717, 1.165) is 17.2 Å². The number of nitrogens with zero attached hydrogens (tertiary/aromatic N) is 4. The van der Waals surface area contributed by atoms with Crippen LogP contribution in [0.2, 0.25) is 0 Å². The van der Waals surface area contributed by atoms with E-state index in [-0.39, 0.29) is 18.2 Å². The molecule has 1 N–H and O–H groups in total. The molecule has 0 aliphatic carbocycles. The average Bonchev–Trinajstić information content (AvgIpc) is 3.32. The molecule has 0 atom stereocenters. The van der Waals surface area contributed by atoms with Gasteiger partial charge >= 0.3 is 0 Å². The molecule has 0 aliphatic heterocycles. The molecule has 154 valence electrons. The molecule has 0 saturated heterocycles. The van der Waals surface area contributed by atoms with Gasteiger partial charge in [0.15, 0.2) is 6.29 Å². The fourth-order valence-corrected chi connectivity index (χ4v) is 2.89. The summed E-state index contributed by atoms with van der Waals surface area (Å²) in [6.07, 6.45) is 4.05. The van der Waals surface area contributed by atoms with Gasteiger partial charge in [0.25, 0.3) is 0 Å². The molecule has 0 radical (unpaired) electrons. The third-order valence-corrected chi connectivity index (χ3v) is 4.33. The highest BCUT2D eigenvalue weighted by Gasteiger charge is 2.05. The van der Waals surface area contributed by atoms with E-state index in [1.165, 1.54) is 24.3 Å². The number of hydrogen-bond acceptors (Lipinski definition) is 4. The largest absolute Gasteiger partial charge is 0.390 e. The minimum atomic E-state index is -0.285. The summed E-state index contributed by atoms with van der Waals surface area (Å²) in [7, 11) is 0. The van der Waals surface area contributed by atoms with Crippen molar-refractivity contribution in [3.05, 3.63) is 95.6 Å². The standard InChI is InChI=1S/C11H11FN2O.C11H9FN2O/c2*1-8-13-10(7-15)6-14(8)11-4-2-9(12)3-5-11/h2-6,15H,7H2,1H3;2-7H,1H3. The molecule has 0 spiro atoms. The predicted molar refractivity (Wildman–Crippen MR) is 108 cm³/mol. The maximum absolute atomic E-state index is 12.7. The molecule has 2 aromatic heterocycles. The van der Waals surface area contributed by atoms with Crippen molar-refractivity contribution in [2.24, 2.45) is 0 Å². The zero-order chi connectivity index (χ0) is 21.7. The minimum Gasteiger partial charge on any atom is -0.390 e. The number of halogens is 2. The number of aliphatic hydroxyl groups excluding tert-OH is 1. The van der Waals surface area contributed by atoms with E-state index in [0.29, 0.717) is 23.5 Å². The van der Waals surface area contributed by atoms with Crippen molar-refractivity contribution < 1.29 is 18.7 Å². The van der Waals surface area contributed by atoms with Crippen molar-refractivity contribution in [1.82, 2.24) is 19.1 Å². The second kappa shape index (κ2) is 9.23. The topological polar surface area (TPSA) is 72.9 Å². The van der Waals surface area contributed by atoms with Crippen molar-refractivity contribution in [3.8, 4) is 11.4 Å². The molecule has 6 nitrogen and oxygen atoms in total. The van der Waals surface area contributed by atoms with Crippen LogP contribution in [0.4, 0.5) is 8.78 Å². The van der Waals surface area contributed by atoms with Gasteiger partial charge in [0.1, 0.15) is 29.0 Å². The molecular weight excluding hydrogens is 390 g/mol. The molecule has 2 aromatic carbocycles. The third-order valence-electron chi connectivity index (χ3n) is 4.33. The Bertz CT molecular complexity index is 1130. The van der Waals surface area contributed by atoms with Crippen molar-refractivity contribution in [1.29, 1.82) is 0 Å². The van der Waals surface area contributed by atoms with Crippen molar-refractivity contribution >= 4 is 6.29 Å². The molecule has 0 aliphatic rings. The number of aldehydes is 1. The maximum Gasteiger partial charge on any atom is 0.170 e. The SMILES string of the molecule is Cc1nc(C=O)cn1-c1ccc(F)cc1.Cc1nc(CO)cn1-c1ccc(F)cc1. The van der Waals surface area contributed by atoms with Crippen LogP contribution >= 0.6 is 0 Å². The highest BCUT2D eigenvalue weighted by atomic mass is 19.1.